The Balaban J connectivity index is 1.96. The molecule has 0 saturated heterocycles. The molecule has 1 heterocycles. The Morgan fingerprint density at radius 2 is 1.62 bits per heavy atom. The number of anilines is 1. The van der Waals surface area contributed by atoms with Gasteiger partial charge < -0.3 is 9.47 Å². The summed E-state index contributed by atoms with van der Waals surface area (Å²) in [7, 11) is -3.97. The number of hydrogen-bond acceptors (Lipinski definition) is 4. The summed E-state index contributed by atoms with van der Waals surface area (Å²) in [6.07, 6.45) is -4.48. The van der Waals surface area contributed by atoms with E-state index < -0.39 is 21.8 Å². The van der Waals surface area contributed by atoms with E-state index in [4.69, 9.17) is 9.47 Å². The third-order valence-corrected chi connectivity index (χ3v) is 5.77. The van der Waals surface area contributed by atoms with Crippen LogP contribution in [0.2, 0.25) is 0 Å². The Bertz CT molecular complexity index is 895. The first kappa shape index (κ1) is 18.4. The number of sulfonamides is 1. The first-order valence-corrected chi connectivity index (χ1v) is 9.27. The number of alkyl halides is 3. The smallest absolute Gasteiger partial charge is 0.416 e. The predicted molar refractivity (Wildman–Crippen MR) is 89.1 cm³/mol. The third-order valence-electron chi connectivity index (χ3n) is 3.87. The van der Waals surface area contributed by atoms with Crippen LogP contribution in [0.5, 0.6) is 11.5 Å². The lowest BCUT2D eigenvalue weighted by Gasteiger charge is -2.24. The first-order chi connectivity index (χ1) is 12.2. The number of fused-ring (bicyclic) bond motifs is 1. The number of hydrogen-bond donors (Lipinski definition) is 0. The van der Waals surface area contributed by atoms with Gasteiger partial charge in [0.25, 0.3) is 10.0 Å². The average molecular weight is 387 g/mol. The molecule has 0 amide bonds. The molecule has 3 rings (SSSR count). The summed E-state index contributed by atoms with van der Waals surface area (Å²) >= 11 is 0. The maximum absolute atomic E-state index is 12.9. The summed E-state index contributed by atoms with van der Waals surface area (Å²) in [6.45, 7) is 2.36. The van der Waals surface area contributed by atoms with E-state index in [0.29, 0.717) is 24.7 Å². The highest BCUT2D eigenvalue weighted by atomic mass is 32.2. The molecule has 0 aromatic heterocycles. The Kier molecular flexibility index (Phi) is 4.74. The van der Waals surface area contributed by atoms with Gasteiger partial charge in [0.2, 0.25) is 0 Å². The maximum atomic E-state index is 12.9. The molecular weight excluding hydrogens is 371 g/mol. The van der Waals surface area contributed by atoms with E-state index in [1.165, 1.54) is 18.2 Å². The normalized spacial score (nSPS) is 14.2. The zero-order chi connectivity index (χ0) is 18.9. The van der Waals surface area contributed by atoms with E-state index in [1.54, 1.807) is 6.92 Å². The molecule has 5 nitrogen and oxygen atoms in total. The van der Waals surface area contributed by atoms with Gasteiger partial charge in [0, 0.05) is 12.6 Å². The molecule has 0 radical (unpaired) electrons. The van der Waals surface area contributed by atoms with Crippen molar-refractivity contribution in [3.63, 3.8) is 0 Å². The molecular formula is C17H16F3NO4S. The van der Waals surface area contributed by atoms with E-state index in [9.17, 15) is 21.6 Å². The van der Waals surface area contributed by atoms with Crippen LogP contribution in [0.25, 0.3) is 0 Å². The summed E-state index contributed by atoms with van der Waals surface area (Å²) in [5.41, 5.74) is -0.690. The van der Waals surface area contributed by atoms with E-state index in [2.05, 4.69) is 0 Å². The number of benzene rings is 2. The van der Waals surface area contributed by atoms with E-state index >= 15 is 0 Å². The molecule has 0 bridgehead atoms. The van der Waals surface area contributed by atoms with Gasteiger partial charge in [-0.3, -0.25) is 4.31 Å². The lowest BCUT2D eigenvalue weighted by atomic mass is 10.2. The number of halogens is 3. The predicted octanol–water partition coefficient (Wildman–Crippen LogP) is 3.69. The molecule has 0 spiro atoms. The molecule has 9 heteroatoms. The zero-order valence-electron chi connectivity index (χ0n) is 13.8. The van der Waals surface area contributed by atoms with Gasteiger partial charge in [0.05, 0.1) is 16.1 Å². The Morgan fingerprint density at radius 1 is 1.00 bits per heavy atom. The fourth-order valence-electron chi connectivity index (χ4n) is 2.62. The van der Waals surface area contributed by atoms with Crippen LogP contribution in [-0.4, -0.2) is 28.2 Å². The van der Waals surface area contributed by atoms with Gasteiger partial charge in [-0.2, -0.15) is 13.2 Å². The van der Waals surface area contributed by atoms with Gasteiger partial charge in [-0.05, 0) is 43.3 Å². The molecule has 0 saturated carbocycles. The van der Waals surface area contributed by atoms with Gasteiger partial charge in [0.15, 0.2) is 11.5 Å². The van der Waals surface area contributed by atoms with Crippen molar-refractivity contribution >= 4 is 15.7 Å². The SMILES string of the molecule is CCN(c1ccc(C(F)(F)F)cc1)S(=O)(=O)c1ccc2c(c1)OCCO2. The highest BCUT2D eigenvalue weighted by Gasteiger charge is 2.31. The lowest BCUT2D eigenvalue weighted by molar-refractivity contribution is -0.137. The van der Waals surface area contributed by atoms with Crippen molar-refractivity contribution in [2.24, 2.45) is 0 Å². The summed E-state index contributed by atoms with van der Waals surface area (Å²) < 4.78 is 75.8. The van der Waals surface area contributed by atoms with Gasteiger partial charge in [0.1, 0.15) is 13.2 Å². The zero-order valence-corrected chi connectivity index (χ0v) is 14.6. The summed E-state index contributed by atoms with van der Waals surface area (Å²) in [6, 6.07) is 8.24. The van der Waals surface area contributed by atoms with Gasteiger partial charge in [-0.15, -0.1) is 0 Å². The van der Waals surface area contributed by atoms with Crippen LogP contribution in [0.15, 0.2) is 47.4 Å². The monoisotopic (exact) mass is 387 g/mol. The van der Waals surface area contributed by atoms with Crippen molar-refractivity contribution < 1.29 is 31.1 Å². The van der Waals surface area contributed by atoms with Crippen LogP contribution in [-0.2, 0) is 16.2 Å². The average Bonchev–Trinajstić information content (AvgIpc) is 2.61. The van der Waals surface area contributed by atoms with E-state index in [0.717, 1.165) is 28.6 Å². The lowest BCUT2D eigenvalue weighted by Crippen LogP contribution is -2.31. The van der Waals surface area contributed by atoms with Crippen LogP contribution >= 0.6 is 0 Å². The highest BCUT2D eigenvalue weighted by Crippen LogP contribution is 2.35. The third kappa shape index (κ3) is 3.44. The van der Waals surface area contributed by atoms with Crippen LogP contribution in [0.3, 0.4) is 0 Å². The molecule has 0 atom stereocenters. The molecule has 26 heavy (non-hydrogen) atoms. The van der Waals surface area contributed by atoms with Gasteiger partial charge in [-0.1, -0.05) is 0 Å². The Morgan fingerprint density at radius 3 is 2.19 bits per heavy atom. The Hall–Kier alpha value is -2.42. The molecule has 0 aliphatic carbocycles. The maximum Gasteiger partial charge on any atom is 0.416 e. The number of rotatable bonds is 4. The second kappa shape index (κ2) is 6.71. The fraction of sp³-hybridized carbons (Fsp3) is 0.294. The summed E-state index contributed by atoms with van der Waals surface area (Å²) in [4.78, 5) is -0.0245. The quantitative estimate of drug-likeness (QED) is 0.803. The fourth-order valence-corrected chi connectivity index (χ4v) is 4.11. The topological polar surface area (TPSA) is 55.8 Å². The molecule has 0 unspecified atom stereocenters. The van der Waals surface area contributed by atoms with Crippen LogP contribution in [0.1, 0.15) is 12.5 Å². The van der Waals surface area contributed by atoms with Crippen molar-refractivity contribution in [3.05, 3.63) is 48.0 Å². The molecule has 0 fully saturated rings. The highest BCUT2D eigenvalue weighted by molar-refractivity contribution is 7.92. The van der Waals surface area contributed by atoms with E-state index in [-0.39, 0.29) is 17.1 Å². The van der Waals surface area contributed by atoms with Crippen LogP contribution in [0, 0.1) is 0 Å². The van der Waals surface area contributed by atoms with Crippen molar-refractivity contribution in [2.75, 3.05) is 24.1 Å². The van der Waals surface area contributed by atoms with Crippen LogP contribution < -0.4 is 13.8 Å². The minimum absolute atomic E-state index is 0.0245. The molecule has 2 aromatic carbocycles. The van der Waals surface area contributed by atoms with Crippen molar-refractivity contribution in [1.82, 2.24) is 0 Å². The largest absolute Gasteiger partial charge is 0.486 e. The second-order valence-corrected chi connectivity index (χ2v) is 7.38. The second-order valence-electron chi connectivity index (χ2n) is 5.52. The standard InChI is InChI=1S/C17H16F3NO4S/c1-2-21(13-5-3-12(4-6-13)17(18,19)20)26(22,23)14-7-8-15-16(11-14)25-10-9-24-15/h3-8,11H,2,9-10H2,1H3. The molecule has 1 aliphatic heterocycles. The van der Waals surface area contributed by atoms with E-state index in [1.807, 2.05) is 0 Å². The van der Waals surface area contributed by atoms with Gasteiger partial charge >= 0.3 is 6.18 Å². The minimum atomic E-state index is -4.48. The van der Waals surface area contributed by atoms with Crippen molar-refractivity contribution in [3.8, 4) is 11.5 Å². The molecule has 140 valence electrons. The molecule has 2 aromatic rings. The first-order valence-electron chi connectivity index (χ1n) is 7.83. The van der Waals surface area contributed by atoms with Crippen molar-refractivity contribution in [2.45, 2.75) is 18.0 Å². The molecule has 1 aliphatic rings. The number of ether oxygens (including phenoxy) is 2. The van der Waals surface area contributed by atoms with Crippen LogP contribution in [0.4, 0.5) is 18.9 Å². The van der Waals surface area contributed by atoms with Crippen molar-refractivity contribution in [1.29, 1.82) is 0 Å². The summed E-state index contributed by atoms with van der Waals surface area (Å²) in [5, 5.41) is 0. The van der Waals surface area contributed by atoms with Gasteiger partial charge in [-0.25, -0.2) is 8.42 Å². The number of nitrogens with zero attached hydrogens (tertiary/aromatic N) is 1. The Labute approximate surface area is 149 Å². The molecule has 0 N–H and O–H groups in total. The minimum Gasteiger partial charge on any atom is -0.486 e. The summed E-state index contributed by atoms with van der Waals surface area (Å²) in [5.74, 6) is 0.772.